The van der Waals surface area contributed by atoms with Crippen molar-refractivity contribution in [2.24, 2.45) is 22.7 Å². The fraction of sp³-hybridized carbons (Fsp3) is 0.654. The number of aliphatic carboxylic acids is 4. The SMILES string of the molecule is CC(C)(C)C(C(=O)O)C(=O)O.CC(C)(C)C(C(=O)O)C(=O)O.Cc1ccccn1.[NH-]C1CCCCC1.[NH2-].[NH2-].[Pt+2].[Pt]. The largest absolute Gasteiger partial charge is 2.00 e. The molecule has 0 amide bonds. The number of aryl methyl sites for hydroxylation is 1. The number of carboxylic acid groups (broad SMARTS) is 4. The summed E-state index contributed by atoms with van der Waals surface area (Å²) in [6.07, 6.45) is 8.06. The van der Waals surface area contributed by atoms with Crippen LogP contribution in [0.5, 0.6) is 0 Å². The Balaban J connectivity index is -0.0000000947. The van der Waals surface area contributed by atoms with Crippen LogP contribution in [0.25, 0.3) is 18.0 Å². The molecular weight excluding hydrogens is 886 g/mol. The van der Waals surface area contributed by atoms with Crippen LogP contribution in [0.4, 0.5) is 0 Å². The quantitative estimate of drug-likeness (QED) is 0.231. The molecule has 1 saturated carbocycles. The summed E-state index contributed by atoms with van der Waals surface area (Å²) in [5, 5.41) is 34.0. The Hall–Kier alpha value is -1.71. The minimum Gasteiger partial charge on any atom is -0.693 e. The van der Waals surface area contributed by atoms with Crippen molar-refractivity contribution in [1.82, 2.24) is 4.98 Å². The second-order valence-electron chi connectivity index (χ2n) is 10.8. The first-order chi connectivity index (χ1) is 16.3. The van der Waals surface area contributed by atoms with Gasteiger partial charge >= 0.3 is 44.9 Å². The number of nitrogens with zero attached hydrogens (tertiary/aromatic N) is 1. The molecule has 0 aromatic carbocycles. The zero-order valence-electron chi connectivity index (χ0n) is 24.2. The third-order valence-corrected chi connectivity index (χ3v) is 5.14. The van der Waals surface area contributed by atoms with Gasteiger partial charge in [0.2, 0.25) is 0 Å². The van der Waals surface area contributed by atoms with Crippen LogP contribution in [0.3, 0.4) is 0 Å². The first-order valence-corrected chi connectivity index (χ1v) is 11.8. The van der Waals surface area contributed by atoms with Gasteiger partial charge in [0, 0.05) is 33.0 Å². The van der Waals surface area contributed by atoms with Gasteiger partial charge in [-0.05, 0) is 29.9 Å². The van der Waals surface area contributed by atoms with E-state index in [1.165, 1.54) is 19.3 Å². The Kier molecular flexibility index (Phi) is 32.0. The molecule has 1 aliphatic carbocycles. The van der Waals surface area contributed by atoms with Crippen LogP contribution in [0.1, 0.15) is 79.3 Å². The number of carbonyl (C=O) groups is 4. The Morgan fingerprint density at radius 2 is 1.10 bits per heavy atom. The molecule has 1 aromatic rings. The fourth-order valence-corrected chi connectivity index (χ4v) is 3.24. The monoisotopic (exact) mass is 933 g/mol. The molecule has 1 heterocycles. The van der Waals surface area contributed by atoms with Crippen LogP contribution >= 0.6 is 0 Å². The van der Waals surface area contributed by atoms with Gasteiger partial charge in [-0.15, -0.1) is 6.04 Å². The van der Waals surface area contributed by atoms with E-state index < -0.39 is 46.5 Å². The number of aromatic nitrogens is 1. The normalized spacial score (nSPS) is 12.3. The standard InChI is InChI=1S/2C7H12O4.C6H7N.C6H12N.2H2N.2Pt/c2*1-7(2,3)4(5(8)9)6(10)11;1-6-4-2-3-5-7-6;7-6-4-2-1-3-5-6;;;;/h2*4H,1-3H3,(H,8,9)(H,10,11);2-5H,1H3;6-7H,1-5H2;2*1H2;;/q;;;3*-1;;+2. The molecule has 0 bridgehead atoms. The van der Waals surface area contributed by atoms with Crippen molar-refractivity contribution in [3.05, 3.63) is 48.1 Å². The van der Waals surface area contributed by atoms with Crippen molar-refractivity contribution in [2.45, 2.75) is 86.6 Å². The van der Waals surface area contributed by atoms with E-state index in [0.717, 1.165) is 18.5 Å². The van der Waals surface area contributed by atoms with Crippen molar-refractivity contribution in [1.29, 1.82) is 0 Å². The Labute approximate surface area is 267 Å². The molecule has 1 aliphatic rings. The topological polar surface area (TPSA) is 253 Å². The molecular formula is C26H47N4O8Pt2-. The van der Waals surface area contributed by atoms with Gasteiger partial charge < -0.3 is 38.5 Å². The predicted octanol–water partition coefficient (Wildman–Crippen LogP) is 6.83. The number of carboxylic acids is 4. The van der Waals surface area contributed by atoms with Gasteiger partial charge in [-0.25, -0.2) is 0 Å². The van der Waals surface area contributed by atoms with Crippen LogP contribution in [-0.4, -0.2) is 55.3 Å². The molecule has 0 atom stereocenters. The summed E-state index contributed by atoms with van der Waals surface area (Å²) in [7, 11) is 0. The van der Waals surface area contributed by atoms with E-state index in [2.05, 4.69) is 4.98 Å². The number of hydrogen-bond donors (Lipinski definition) is 4. The van der Waals surface area contributed by atoms with Gasteiger partial charge in [0.05, 0.1) is 0 Å². The van der Waals surface area contributed by atoms with Crippen molar-refractivity contribution in [2.75, 3.05) is 0 Å². The molecule has 9 N–H and O–H groups in total. The number of nitrogens with one attached hydrogen (secondary N) is 1. The van der Waals surface area contributed by atoms with Gasteiger partial charge in [0.1, 0.15) is 0 Å². The molecule has 1 fully saturated rings. The Morgan fingerprint density at radius 1 is 0.775 bits per heavy atom. The van der Waals surface area contributed by atoms with E-state index in [1.807, 2.05) is 25.1 Å². The molecule has 2 rings (SSSR count). The van der Waals surface area contributed by atoms with Gasteiger partial charge in [-0.1, -0.05) is 79.7 Å². The van der Waals surface area contributed by atoms with Crippen molar-refractivity contribution in [3.63, 3.8) is 0 Å². The molecule has 14 heteroatoms. The van der Waals surface area contributed by atoms with Gasteiger partial charge in [-0.2, -0.15) is 0 Å². The average Bonchev–Trinajstić information content (AvgIpc) is 2.67. The van der Waals surface area contributed by atoms with Crippen molar-refractivity contribution < 1.29 is 81.7 Å². The first kappa shape index (κ1) is 51.1. The van der Waals surface area contributed by atoms with Gasteiger partial charge in [0.15, 0.2) is 11.8 Å². The molecule has 0 radical (unpaired) electrons. The molecule has 0 unspecified atom stereocenters. The van der Waals surface area contributed by atoms with E-state index in [4.69, 9.17) is 26.2 Å². The molecule has 0 aliphatic heterocycles. The van der Waals surface area contributed by atoms with Crippen LogP contribution < -0.4 is 0 Å². The number of pyridine rings is 1. The third kappa shape index (κ3) is 25.3. The summed E-state index contributed by atoms with van der Waals surface area (Å²) in [5.41, 5.74) is 6.87. The van der Waals surface area contributed by atoms with Gasteiger partial charge in [-0.3, -0.25) is 24.2 Å². The predicted molar refractivity (Wildman–Crippen MR) is 147 cm³/mol. The molecule has 12 nitrogen and oxygen atoms in total. The summed E-state index contributed by atoms with van der Waals surface area (Å²) in [5.74, 6) is -7.81. The molecule has 1 aromatic heterocycles. The zero-order chi connectivity index (χ0) is 28.7. The summed E-state index contributed by atoms with van der Waals surface area (Å²) in [6, 6.07) is 6.14. The fourth-order valence-electron chi connectivity index (χ4n) is 3.24. The number of hydrogen-bond acceptors (Lipinski definition) is 5. The second kappa shape index (κ2) is 25.0. The third-order valence-electron chi connectivity index (χ3n) is 5.14. The summed E-state index contributed by atoms with van der Waals surface area (Å²) >= 11 is 0. The van der Waals surface area contributed by atoms with Crippen LogP contribution in [0.15, 0.2) is 24.4 Å². The molecule has 0 spiro atoms. The van der Waals surface area contributed by atoms with Crippen LogP contribution in [0.2, 0.25) is 0 Å². The van der Waals surface area contributed by atoms with Crippen molar-refractivity contribution in [3.8, 4) is 0 Å². The van der Waals surface area contributed by atoms with E-state index in [9.17, 15) is 19.2 Å². The van der Waals surface area contributed by atoms with Gasteiger partial charge in [0.25, 0.3) is 0 Å². The van der Waals surface area contributed by atoms with Crippen molar-refractivity contribution >= 4 is 23.9 Å². The molecule has 240 valence electrons. The molecule has 40 heavy (non-hydrogen) atoms. The minimum absolute atomic E-state index is 0. The maximum Gasteiger partial charge on any atom is 2.00 e. The van der Waals surface area contributed by atoms with Crippen LogP contribution in [0, 0.1) is 29.6 Å². The Bertz CT molecular complexity index is 756. The maximum absolute atomic E-state index is 10.4. The summed E-state index contributed by atoms with van der Waals surface area (Å²) in [4.78, 5) is 45.6. The van der Waals surface area contributed by atoms with Crippen LogP contribution in [-0.2, 0) is 61.3 Å². The molecule has 0 saturated heterocycles. The second-order valence-corrected chi connectivity index (χ2v) is 10.8. The number of rotatable bonds is 4. The summed E-state index contributed by atoms with van der Waals surface area (Å²) in [6.45, 7) is 11.5. The van der Waals surface area contributed by atoms with E-state index in [-0.39, 0.29) is 60.5 Å². The summed E-state index contributed by atoms with van der Waals surface area (Å²) < 4.78 is 0. The van der Waals surface area contributed by atoms with E-state index in [0.29, 0.717) is 0 Å². The first-order valence-electron chi connectivity index (χ1n) is 11.8. The average molecular weight is 934 g/mol. The maximum atomic E-state index is 10.4. The minimum atomic E-state index is -1.33. The smallest absolute Gasteiger partial charge is 0.693 e. The number of nitrogens with two attached hydrogens (primary N) is 2. The van der Waals surface area contributed by atoms with E-state index >= 15 is 0 Å². The Morgan fingerprint density at radius 3 is 1.20 bits per heavy atom. The zero-order valence-corrected chi connectivity index (χ0v) is 28.8. The van der Waals surface area contributed by atoms with E-state index in [1.54, 1.807) is 47.7 Å².